The predicted molar refractivity (Wildman–Crippen MR) is 116 cm³/mol. The number of carbonyl (C=O) groups excluding carboxylic acids is 1. The highest BCUT2D eigenvalue weighted by Gasteiger charge is 2.18. The van der Waals surface area contributed by atoms with E-state index in [1.807, 2.05) is 18.2 Å². The summed E-state index contributed by atoms with van der Waals surface area (Å²) in [5.41, 5.74) is 8.17. The molecule has 0 aromatic heterocycles. The van der Waals surface area contributed by atoms with Crippen molar-refractivity contribution in [3.8, 4) is 5.75 Å². The second-order valence-corrected chi connectivity index (χ2v) is 10.4. The zero-order chi connectivity index (χ0) is 20.3. The molecule has 0 fully saturated rings. The number of amides is 1. The van der Waals surface area contributed by atoms with Crippen molar-refractivity contribution in [3.05, 3.63) is 44.8 Å². The van der Waals surface area contributed by atoms with Gasteiger partial charge in [0.05, 0.1) is 22.9 Å². The molecule has 0 saturated heterocycles. The number of benzene rings is 2. The quantitative estimate of drug-likeness (QED) is 0.409. The van der Waals surface area contributed by atoms with Gasteiger partial charge in [0.2, 0.25) is 5.91 Å². The first kappa shape index (κ1) is 21.1. The van der Waals surface area contributed by atoms with Crippen molar-refractivity contribution in [2.24, 2.45) is 0 Å². The number of carbonyl (C=O) groups is 1. The van der Waals surface area contributed by atoms with Gasteiger partial charge in [-0.25, -0.2) is 8.42 Å². The van der Waals surface area contributed by atoms with E-state index in [9.17, 15) is 13.2 Å². The number of halogens is 2. The zero-order valence-corrected chi connectivity index (χ0v) is 19.0. The summed E-state index contributed by atoms with van der Waals surface area (Å²) in [6, 6.07) is 8.62. The van der Waals surface area contributed by atoms with E-state index >= 15 is 0 Å². The third kappa shape index (κ3) is 5.07. The van der Waals surface area contributed by atoms with Crippen LogP contribution in [-0.4, -0.2) is 26.7 Å². The second-order valence-electron chi connectivity index (χ2n) is 6.54. The Balaban J connectivity index is 1.50. The van der Waals surface area contributed by atoms with E-state index in [0.29, 0.717) is 46.9 Å². The maximum Gasteiger partial charge on any atom is 0.224 e. The van der Waals surface area contributed by atoms with Crippen molar-refractivity contribution in [2.75, 3.05) is 23.4 Å². The van der Waals surface area contributed by atoms with E-state index in [4.69, 9.17) is 10.5 Å². The molecule has 0 radical (unpaired) electrons. The number of aryl methyl sites for hydroxylation is 1. The van der Waals surface area contributed by atoms with E-state index in [1.165, 1.54) is 12.1 Å². The van der Waals surface area contributed by atoms with E-state index in [1.54, 1.807) is 0 Å². The van der Waals surface area contributed by atoms with Gasteiger partial charge in [-0.1, -0.05) is 0 Å². The maximum absolute atomic E-state index is 12.5. The minimum Gasteiger partial charge on any atom is -0.494 e. The zero-order valence-electron chi connectivity index (χ0n) is 15.0. The molecule has 3 rings (SSSR count). The van der Waals surface area contributed by atoms with Crippen LogP contribution >= 0.6 is 31.9 Å². The third-order valence-corrected chi connectivity index (χ3v) is 7.55. The molecule has 1 amide bonds. The lowest BCUT2D eigenvalue weighted by Gasteiger charge is -2.17. The van der Waals surface area contributed by atoms with Crippen LogP contribution in [-0.2, 0) is 21.1 Å². The fraction of sp³-hybridized carbons (Fsp3) is 0.316. The molecule has 150 valence electrons. The van der Waals surface area contributed by atoms with Gasteiger partial charge < -0.3 is 15.8 Å². The number of rotatable bonds is 7. The summed E-state index contributed by atoms with van der Waals surface area (Å²) in [6.07, 6.45) is 2.28. The van der Waals surface area contributed by atoms with Gasteiger partial charge in [0.25, 0.3) is 0 Å². The van der Waals surface area contributed by atoms with Crippen LogP contribution < -0.4 is 15.8 Å². The Morgan fingerprint density at radius 3 is 2.50 bits per heavy atom. The summed E-state index contributed by atoms with van der Waals surface area (Å²) in [7, 11) is -3.40. The number of nitrogens with two attached hydrogens (primary N) is 1. The molecule has 0 saturated carbocycles. The van der Waals surface area contributed by atoms with Gasteiger partial charge in [-0.2, -0.15) is 0 Å². The summed E-state index contributed by atoms with van der Waals surface area (Å²) in [6.45, 7) is 0.426. The Bertz CT molecular complexity index is 986. The van der Waals surface area contributed by atoms with Gasteiger partial charge in [-0.05, 0) is 87.0 Å². The molecule has 0 aliphatic carbocycles. The maximum atomic E-state index is 12.5. The molecule has 0 atom stereocenters. The van der Waals surface area contributed by atoms with Gasteiger partial charge in [-0.15, -0.1) is 0 Å². The summed E-state index contributed by atoms with van der Waals surface area (Å²) in [4.78, 5) is 11.6. The van der Waals surface area contributed by atoms with Crippen LogP contribution in [0.1, 0.15) is 24.8 Å². The molecule has 0 unspecified atom stereocenters. The molecular weight excluding hydrogens is 512 g/mol. The predicted octanol–water partition coefficient (Wildman–Crippen LogP) is 4.31. The Hall–Kier alpha value is -1.58. The van der Waals surface area contributed by atoms with E-state index in [-0.39, 0.29) is 16.6 Å². The molecule has 3 N–H and O–H groups in total. The van der Waals surface area contributed by atoms with Crippen molar-refractivity contribution in [3.63, 3.8) is 0 Å². The number of fused-ring (bicyclic) bond motifs is 1. The van der Waals surface area contributed by atoms with Crippen LogP contribution in [0.3, 0.4) is 0 Å². The molecule has 2 aromatic rings. The average molecular weight is 532 g/mol. The monoisotopic (exact) mass is 530 g/mol. The molecule has 6 nitrogen and oxygen atoms in total. The first-order chi connectivity index (χ1) is 13.3. The fourth-order valence-electron chi connectivity index (χ4n) is 2.89. The summed E-state index contributed by atoms with van der Waals surface area (Å²) in [5.74, 6) is 0.793. The summed E-state index contributed by atoms with van der Waals surface area (Å²) in [5, 5.41) is 2.83. The second kappa shape index (κ2) is 8.84. The van der Waals surface area contributed by atoms with Crippen LogP contribution in [0.2, 0.25) is 0 Å². The summed E-state index contributed by atoms with van der Waals surface area (Å²) >= 11 is 6.55. The number of sulfone groups is 1. The van der Waals surface area contributed by atoms with Gasteiger partial charge in [0.15, 0.2) is 9.84 Å². The first-order valence-electron chi connectivity index (χ1n) is 8.79. The third-order valence-electron chi connectivity index (χ3n) is 4.46. The molecule has 1 aliphatic rings. The van der Waals surface area contributed by atoms with Crippen molar-refractivity contribution in [2.45, 2.75) is 30.6 Å². The molecule has 2 aromatic carbocycles. The number of nitrogen functional groups attached to an aromatic ring is 1. The van der Waals surface area contributed by atoms with Crippen LogP contribution in [0.15, 0.2) is 44.2 Å². The summed E-state index contributed by atoms with van der Waals surface area (Å²) < 4.78 is 31.9. The Kier molecular flexibility index (Phi) is 6.67. The highest BCUT2D eigenvalue weighted by atomic mass is 79.9. The van der Waals surface area contributed by atoms with Crippen LogP contribution in [0.5, 0.6) is 5.75 Å². The number of anilines is 2. The van der Waals surface area contributed by atoms with Crippen molar-refractivity contribution < 1.29 is 17.9 Å². The van der Waals surface area contributed by atoms with Crippen molar-refractivity contribution in [1.29, 1.82) is 0 Å². The molecule has 1 heterocycles. The largest absolute Gasteiger partial charge is 0.494 e. The van der Waals surface area contributed by atoms with Gasteiger partial charge >= 0.3 is 0 Å². The number of hydrogen-bond acceptors (Lipinski definition) is 5. The normalized spacial score (nSPS) is 13.7. The van der Waals surface area contributed by atoms with Crippen LogP contribution in [0, 0.1) is 0 Å². The van der Waals surface area contributed by atoms with Gasteiger partial charge in [-0.3, -0.25) is 4.79 Å². The lowest BCUT2D eigenvalue weighted by molar-refractivity contribution is -0.116. The van der Waals surface area contributed by atoms with Crippen LogP contribution in [0.4, 0.5) is 11.4 Å². The molecule has 9 heteroatoms. The molecule has 1 aliphatic heterocycles. The number of hydrogen-bond donors (Lipinski definition) is 2. The molecular formula is C19H20Br2N2O4S. The minimum atomic E-state index is -3.40. The molecule has 0 spiro atoms. The first-order valence-corrected chi connectivity index (χ1v) is 12.0. The highest BCUT2D eigenvalue weighted by Crippen LogP contribution is 2.32. The van der Waals surface area contributed by atoms with Gasteiger partial charge in [0, 0.05) is 21.1 Å². The number of ether oxygens (including phenoxy) is 1. The lowest BCUT2D eigenvalue weighted by atomic mass is 10.0. The Labute approximate surface area is 181 Å². The smallest absolute Gasteiger partial charge is 0.224 e. The number of unbranched alkanes of at least 4 members (excludes halogenated alkanes) is 1. The van der Waals surface area contributed by atoms with Crippen molar-refractivity contribution in [1.82, 2.24) is 0 Å². The SMILES string of the molecule is Nc1c(Br)cc(S(=O)(=O)CCCCOc2ccc3c(c2)CCC(=O)N3)cc1Br. The number of nitrogens with one attached hydrogen (secondary N) is 1. The van der Waals surface area contributed by atoms with E-state index in [2.05, 4.69) is 37.2 Å². The Morgan fingerprint density at radius 2 is 1.79 bits per heavy atom. The van der Waals surface area contributed by atoms with E-state index < -0.39 is 9.84 Å². The lowest BCUT2D eigenvalue weighted by Crippen LogP contribution is -2.18. The molecule has 28 heavy (non-hydrogen) atoms. The topological polar surface area (TPSA) is 98.5 Å². The standard InChI is InChI=1S/C19H20Br2N2O4S/c20-15-10-14(11-16(21)19(15)22)28(25,26)8-2-1-7-27-13-4-5-17-12(9-13)3-6-18(24)23-17/h4-5,9-11H,1-3,6-8,22H2,(H,23,24). The Morgan fingerprint density at radius 1 is 1.07 bits per heavy atom. The highest BCUT2D eigenvalue weighted by molar-refractivity contribution is 9.11. The van der Waals surface area contributed by atoms with Gasteiger partial charge in [0.1, 0.15) is 5.75 Å². The van der Waals surface area contributed by atoms with Crippen molar-refractivity contribution >= 4 is 59.0 Å². The molecule has 0 bridgehead atoms. The minimum absolute atomic E-state index is 0.0301. The average Bonchev–Trinajstić information content (AvgIpc) is 2.65. The van der Waals surface area contributed by atoms with E-state index in [0.717, 1.165) is 17.0 Å². The fourth-order valence-corrected chi connectivity index (χ4v) is 5.80. The van der Waals surface area contributed by atoms with Crippen LogP contribution in [0.25, 0.3) is 0 Å².